The Bertz CT molecular complexity index is 500. The third-order valence-electron chi connectivity index (χ3n) is 5.22. The molecule has 0 fully saturated rings. The SMILES string of the molecule is C[N](C)[Zr]([C]1=CC=CC1)([N](C)C)([N](C)C)[GeH]([C](F)(F)F)[C](F)(F)F. The summed E-state index contributed by atoms with van der Waals surface area (Å²) < 4.78 is 88.1. The average Bonchev–Trinajstić information content (AvgIpc) is 2.85. The van der Waals surface area contributed by atoms with Crippen molar-refractivity contribution in [3.8, 4) is 0 Å². The summed E-state index contributed by atoms with van der Waals surface area (Å²) in [5.41, 5.74) is 0. The number of nitrogens with zero attached hydrogens (tertiary/aromatic N) is 3. The quantitative estimate of drug-likeness (QED) is 0.425. The molecule has 0 spiro atoms. The molecule has 1 rings (SSSR count). The van der Waals surface area contributed by atoms with Gasteiger partial charge in [0.1, 0.15) is 0 Å². The van der Waals surface area contributed by atoms with Crippen molar-refractivity contribution in [1.82, 2.24) is 8.53 Å². The van der Waals surface area contributed by atoms with Gasteiger partial charge in [0.25, 0.3) is 0 Å². The summed E-state index contributed by atoms with van der Waals surface area (Å²) in [4.78, 5) is 0. The van der Waals surface area contributed by atoms with Crippen LogP contribution in [-0.2, 0) is 17.1 Å². The van der Waals surface area contributed by atoms with Crippen molar-refractivity contribution in [3.63, 3.8) is 0 Å². The fraction of sp³-hybridized carbons (Fsp3) is 0.692. The zero-order chi connectivity index (χ0) is 19.2. The van der Waals surface area contributed by atoms with E-state index in [-0.39, 0.29) is 6.42 Å². The molecule has 0 aliphatic heterocycles. The molecule has 0 saturated carbocycles. The predicted octanol–water partition coefficient (Wildman–Crippen LogP) is 2.88. The van der Waals surface area contributed by atoms with Crippen LogP contribution < -0.4 is 0 Å². The molecule has 0 radical (unpaired) electrons. The number of halogens is 6. The van der Waals surface area contributed by atoms with Gasteiger partial charge in [0.15, 0.2) is 0 Å². The van der Waals surface area contributed by atoms with Crippen LogP contribution in [0.5, 0.6) is 0 Å². The molecule has 141 valence electrons. The van der Waals surface area contributed by atoms with Gasteiger partial charge in [0.05, 0.1) is 0 Å². The van der Waals surface area contributed by atoms with Crippen LogP contribution >= 0.6 is 0 Å². The molecular weight excluding hydrogens is 476 g/mol. The molecule has 0 atom stereocenters. The summed E-state index contributed by atoms with van der Waals surface area (Å²) in [6.07, 6.45) is 4.80. The summed E-state index contributed by atoms with van der Waals surface area (Å²) in [5, 5.41) is -10.5. The van der Waals surface area contributed by atoms with E-state index >= 15 is 0 Å². The van der Waals surface area contributed by atoms with Crippen molar-refractivity contribution in [1.29, 1.82) is 0 Å². The van der Waals surface area contributed by atoms with Gasteiger partial charge < -0.3 is 0 Å². The maximum absolute atomic E-state index is 14.0. The van der Waals surface area contributed by atoms with E-state index in [1.807, 2.05) is 0 Å². The molecule has 3 nitrogen and oxygen atoms in total. The molecule has 0 N–H and O–H groups in total. The van der Waals surface area contributed by atoms with Gasteiger partial charge in [-0.1, -0.05) is 0 Å². The Kier molecular flexibility index (Phi) is 6.38. The van der Waals surface area contributed by atoms with Crippen LogP contribution in [0, 0.1) is 0 Å². The van der Waals surface area contributed by atoms with Crippen LogP contribution in [-0.4, -0.2) is 71.4 Å². The van der Waals surface area contributed by atoms with Gasteiger partial charge in [-0.05, 0) is 0 Å². The zero-order valence-corrected chi connectivity index (χ0v) is 19.5. The first-order valence-electron chi connectivity index (χ1n) is 7.32. The van der Waals surface area contributed by atoms with E-state index in [1.165, 1.54) is 56.9 Å². The monoisotopic (exact) mass is 500 g/mol. The van der Waals surface area contributed by atoms with Gasteiger partial charge in [-0.15, -0.1) is 0 Å². The van der Waals surface area contributed by atoms with E-state index in [0.717, 1.165) is 0 Å². The summed E-state index contributed by atoms with van der Waals surface area (Å²) in [6, 6.07) is 0. The van der Waals surface area contributed by atoms with E-state index in [9.17, 15) is 26.3 Å². The van der Waals surface area contributed by atoms with Crippen molar-refractivity contribution in [2.75, 3.05) is 42.3 Å². The minimum absolute atomic E-state index is 0.133. The van der Waals surface area contributed by atoms with Crippen LogP contribution in [0.1, 0.15) is 6.42 Å². The van der Waals surface area contributed by atoms with Crippen molar-refractivity contribution in [3.05, 3.63) is 21.5 Å². The molecule has 0 saturated heterocycles. The summed E-state index contributed by atoms with van der Waals surface area (Å²) >= 11 is -6.05. The Balaban J connectivity index is 4.09. The van der Waals surface area contributed by atoms with Crippen molar-refractivity contribution in [2.24, 2.45) is 0 Å². The van der Waals surface area contributed by atoms with Crippen LogP contribution in [0.25, 0.3) is 0 Å². The van der Waals surface area contributed by atoms with E-state index in [4.69, 9.17) is 0 Å². The van der Waals surface area contributed by atoms with Crippen LogP contribution in [0.3, 0.4) is 0 Å². The van der Waals surface area contributed by atoms with Gasteiger partial charge in [0, 0.05) is 0 Å². The maximum atomic E-state index is 14.0. The first-order chi connectivity index (χ1) is 10.6. The second kappa shape index (κ2) is 6.83. The Hall–Kier alpha value is 0.366. The Morgan fingerprint density at radius 2 is 1.21 bits per heavy atom. The molecule has 11 heteroatoms. The number of rotatable bonds is 5. The number of hydrogen-bond acceptors (Lipinski definition) is 3. The number of hydrogen-bond donors (Lipinski definition) is 0. The van der Waals surface area contributed by atoms with Crippen LogP contribution in [0.4, 0.5) is 26.3 Å². The molecule has 0 unspecified atom stereocenters. The fourth-order valence-electron chi connectivity index (χ4n) is 4.61. The minimum atomic E-state index is -6.05. The van der Waals surface area contributed by atoms with Crippen molar-refractivity contribution in [2.45, 2.75) is 16.4 Å². The van der Waals surface area contributed by atoms with Gasteiger partial charge in [-0.25, -0.2) is 0 Å². The fourth-order valence-corrected chi connectivity index (χ4v) is 66.9. The average molecular weight is 500 g/mol. The van der Waals surface area contributed by atoms with Gasteiger partial charge in [0.2, 0.25) is 0 Å². The third-order valence-corrected chi connectivity index (χ3v) is 72.9. The topological polar surface area (TPSA) is 9.72 Å². The van der Waals surface area contributed by atoms with E-state index < -0.39 is 37.7 Å². The first-order valence-corrected chi connectivity index (χ1v) is 22.9. The van der Waals surface area contributed by atoms with E-state index in [0.29, 0.717) is 3.28 Å². The Morgan fingerprint density at radius 3 is 1.42 bits per heavy atom. The molecule has 1 aliphatic rings. The molecule has 0 heterocycles. The van der Waals surface area contributed by atoms with E-state index in [2.05, 4.69) is 0 Å². The van der Waals surface area contributed by atoms with Gasteiger partial charge in [-0.2, -0.15) is 0 Å². The first kappa shape index (κ1) is 22.4. The molecule has 0 aromatic carbocycles. The second-order valence-corrected chi connectivity index (χ2v) is 45.7. The van der Waals surface area contributed by atoms with Gasteiger partial charge in [-0.3, -0.25) is 0 Å². The standard InChI is InChI=1S/C5H5.C2HF6Ge.3C2H6N.Zr/c1-2-4-5-3-1;3-1(4,5)9-2(6,7)8;3*1-3-2;/h1-3H,4H2;9H;3*1-2H3;/q;;3*-1;+3. The Labute approximate surface area is 142 Å². The molecule has 0 aromatic rings. The number of allylic oxidation sites excluding steroid dienone is 4. The second-order valence-electron chi connectivity index (χ2n) is 6.69. The van der Waals surface area contributed by atoms with E-state index in [1.54, 1.807) is 12.2 Å². The molecule has 0 amide bonds. The summed E-state index contributed by atoms with van der Waals surface area (Å²) in [6.45, 7) is 0. The molecule has 1 aliphatic carbocycles. The van der Waals surface area contributed by atoms with Crippen molar-refractivity contribution < 1.29 is 43.5 Å². The number of alkyl halides is 6. The predicted molar refractivity (Wildman–Crippen MR) is 82.2 cm³/mol. The molecule has 24 heavy (non-hydrogen) atoms. The molecular formula is C13H24F6GeN3Zr. The Morgan fingerprint density at radius 1 is 0.833 bits per heavy atom. The van der Waals surface area contributed by atoms with Gasteiger partial charge >= 0.3 is 143 Å². The summed E-state index contributed by atoms with van der Waals surface area (Å²) in [7, 11) is 2.24. The van der Waals surface area contributed by atoms with Crippen LogP contribution in [0.2, 0.25) is 0 Å². The van der Waals surface area contributed by atoms with Crippen LogP contribution in [0.15, 0.2) is 21.5 Å². The normalized spacial score (nSPS) is 18.7. The summed E-state index contributed by atoms with van der Waals surface area (Å²) in [5.74, 6) is 0. The zero-order valence-electron chi connectivity index (χ0n) is 14.6. The van der Waals surface area contributed by atoms with Crippen molar-refractivity contribution >= 4 is 10.6 Å². The molecule has 0 aromatic heterocycles. The molecule has 0 bridgehead atoms. The third kappa shape index (κ3) is 2.90.